The van der Waals surface area contributed by atoms with Crippen LogP contribution in [0.2, 0.25) is 0 Å². The molecule has 0 bridgehead atoms. The number of rotatable bonds is 4. The Morgan fingerprint density at radius 2 is 1.93 bits per heavy atom. The molecule has 10 heteroatoms. The van der Waals surface area contributed by atoms with Gasteiger partial charge in [0.05, 0.1) is 5.56 Å². The second-order valence-corrected chi connectivity index (χ2v) is 6.06. The SMILES string of the molecule is O=C(O)c1cccc(Oc2n[nH]c(=O)c(C(F)(F)F)c2N2CCCCC2)c1. The van der Waals surface area contributed by atoms with Crippen molar-refractivity contribution in [3.63, 3.8) is 0 Å². The van der Waals surface area contributed by atoms with E-state index in [-0.39, 0.29) is 11.3 Å². The molecule has 2 aromatic rings. The lowest BCUT2D eigenvalue weighted by Crippen LogP contribution is -2.35. The standard InChI is InChI=1S/C17H16F3N3O4/c18-17(19,20)12-13(23-7-2-1-3-8-23)15(22-21-14(12)24)27-11-6-4-5-10(9-11)16(25)26/h4-6,9H,1-3,7-8H2,(H,21,24)(H,25,26). The van der Waals surface area contributed by atoms with E-state index in [2.05, 4.69) is 5.10 Å². The van der Waals surface area contributed by atoms with Crippen molar-refractivity contribution in [2.75, 3.05) is 18.0 Å². The first-order chi connectivity index (χ1) is 12.8. The molecule has 1 aromatic heterocycles. The quantitative estimate of drug-likeness (QED) is 0.841. The van der Waals surface area contributed by atoms with E-state index in [4.69, 9.17) is 9.84 Å². The van der Waals surface area contributed by atoms with Gasteiger partial charge >= 0.3 is 12.1 Å². The molecule has 1 saturated heterocycles. The number of aromatic carboxylic acids is 1. The van der Waals surface area contributed by atoms with Crippen molar-refractivity contribution in [3.05, 3.63) is 45.7 Å². The second kappa shape index (κ2) is 7.29. The molecular weight excluding hydrogens is 367 g/mol. The van der Waals surface area contributed by atoms with Crippen LogP contribution in [0.25, 0.3) is 0 Å². The monoisotopic (exact) mass is 383 g/mol. The van der Waals surface area contributed by atoms with E-state index < -0.39 is 34.8 Å². The Kier molecular flexibility index (Phi) is 5.06. The third-order valence-electron chi connectivity index (χ3n) is 4.18. The van der Waals surface area contributed by atoms with Gasteiger partial charge in [-0.25, -0.2) is 9.89 Å². The van der Waals surface area contributed by atoms with E-state index in [0.717, 1.165) is 6.42 Å². The number of halogens is 3. The largest absolute Gasteiger partial charge is 0.478 e. The number of carbonyl (C=O) groups is 1. The lowest BCUT2D eigenvalue weighted by molar-refractivity contribution is -0.138. The molecule has 3 rings (SSSR count). The molecule has 0 spiro atoms. The zero-order chi connectivity index (χ0) is 19.6. The molecule has 0 aliphatic carbocycles. The average Bonchev–Trinajstić information content (AvgIpc) is 2.63. The molecule has 2 heterocycles. The predicted octanol–water partition coefficient (Wildman–Crippen LogP) is 3.27. The van der Waals surface area contributed by atoms with Crippen molar-refractivity contribution in [2.24, 2.45) is 0 Å². The van der Waals surface area contributed by atoms with Crippen LogP contribution in [0.5, 0.6) is 11.6 Å². The molecule has 144 valence electrons. The number of nitrogens with one attached hydrogen (secondary N) is 1. The molecule has 0 radical (unpaired) electrons. The number of carboxylic acid groups (broad SMARTS) is 1. The van der Waals surface area contributed by atoms with E-state index in [9.17, 15) is 22.8 Å². The fourth-order valence-electron chi connectivity index (χ4n) is 2.97. The first-order valence-corrected chi connectivity index (χ1v) is 8.23. The molecule has 7 nitrogen and oxygen atoms in total. The third-order valence-corrected chi connectivity index (χ3v) is 4.18. The number of hydrogen-bond donors (Lipinski definition) is 2. The van der Waals surface area contributed by atoms with Gasteiger partial charge in [-0.15, -0.1) is 5.10 Å². The normalized spacial score (nSPS) is 14.9. The van der Waals surface area contributed by atoms with Crippen LogP contribution in [-0.4, -0.2) is 34.4 Å². The highest BCUT2D eigenvalue weighted by Crippen LogP contribution is 2.40. The molecule has 1 fully saturated rings. The maximum absolute atomic E-state index is 13.5. The minimum atomic E-state index is -4.90. The van der Waals surface area contributed by atoms with Crippen LogP contribution in [0, 0.1) is 0 Å². The topological polar surface area (TPSA) is 95.5 Å². The summed E-state index contributed by atoms with van der Waals surface area (Å²) < 4.78 is 46.1. The van der Waals surface area contributed by atoms with Gasteiger partial charge in [0.15, 0.2) is 5.56 Å². The lowest BCUT2D eigenvalue weighted by Gasteiger charge is -2.31. The number of benzene rings is 1. The van der Waals surface area contributed by atoms with Crippen LogP contribution >= 0.6 is 0 Å². The number of H-pyrrole nitrogens is 1. The smallest absolute Gasteiger partial charge is 0.423 e. The number of piperidine rings is 1. The highest BCUT2D eigenvalue weighted by Gasteiger charge is 2.41. The molecule has 1 aliphatic rings. The number of nitrogens with zero attached hydrogens (tertiary/aromatic N) is 2. The van der Waals surface area contributed by atoms with Crippen molar-refractivity contribution < 1.29 is 27.8 Å². The maximum atomic E-state index is 13.5. The molecule has 27 heavy (non-hydrogen) atoms. The zero-order valence-corrected chi connectivity index (χ0v) is 14.0. The highest BCUT2D eigenvalue weighted by molar-refractivity contribution is 5.88. The summed E-state index contributed by atoms with van der Waals surface area (Å²) in [4.78, 5) is 24.4. The van der Waals surface area contributed by atoms with Crippen LogP contribution in [0.4, 0.5) is 18.9 Å². The van der Waals surface area contributed by atoms with Crippen LogP contribution < -0.4 is 15.2 Å². The van der Waals surface area contributed by atoms with Gasteiger partial charge in [0.25, 0.3) is 11.4 Å². The number of aromatic nitrogens is 2. The summed E-state index contributed by atoms with van der Waals surface area (Å²) in [5, 5.41) is 14.5. The van der Waals surface area contributed by atoms with Crippen LogP contribution in [-0.2, 0) is 6.18 Å². The van der Waals surface area contributed by atoms with Gasteiger partial charge in [0.2, 0.25) is 0 Å². The van der Waals surface area contributed by atoms with Crippen molar-refractivity contribution in [1.82, 2.24) is 10.2 Å². The molecule has 0 saturated carbocycles. The number of hydrogen-bond acceptors (Lipinski definition) is 5. The van der Waals surface area contributed by atoms with E-state index in [0.29, 0.717) is 25.9 Å². The number of ether oxygens (including phenoxy) is 1. The van der Waals surface area contributed by atoms with Gasteiger partial charge in [-0.1, -0.05) is 6.07 Å². The zero-order valence-electron chi connectivity index (χ0n) is 14.0. The van der Waals surface area contributed by atoms with Gasteiger partial charge in [-0.2, -0.15) is 13.2 Å². The van der Waals surface area contributed by atoms with Crippen LogP contribution in [0.1, 0.15) is 35.2 Å². The number of alkyl halides is 3. The van der Waals surface area contributed by atoms with Crippen LogP contribution in [0.3, 0.4) is 0 Å². The number of aromatic amines is 1. The Morgan fingerprint density at radius 3 is 2.56 bits per heavy atom. The molecule has 0 unspecified atom stereocenters. The second-order valence-electron chi connectivity index (χ2n) is 6.06. The molecule has 1 aromatic carbocycles. The summed E-state index contributed by atoms with van der Waals surface area (Å²) >= 11 is 0. The Hall–Kier alpha value is -3.04. The fraction of sp³-hybridized carbons (Fsp3) is 0.353. The number of carboxylic acids is 1. The summed E-state index contributed by atoms with van der Waals surface area (Å²) in [6, 6.07) is 5.28. The van der Waals surface area contributed by atoms with Gasteiger partial charge in [-0.05, 0) is 37.5 Å². The third kappa shape index (κ3) is 4.04. The first-order valence-electron chi connectivity index (χ1n) is 8.23. The van der Waals surface area contributed by atoms with E-state index in [1.807, 2.05) is 5.10 Å². The minimum Gasteiger partial charge on any atom is -0.478 e. The molecule has 0 amide bonds. The van der Waals surface area contributed by atoms with Crippen LogP contribution in [0.15, 0.2) is 29.1 Å². The predicted molar refractivity (Wildman–Crippen MR) is 89.4 cm³/mol. The summed E-state index contributed by atoms with van der Waals surface area (Å²) in [5.74, 6) is -1.63. The molecular formula is C17H16F3N3O4. The first kappa shape index (κ1) is 18.7. The lowest BCUT2D eigenvalue weighted by atomic mass is 10.1. The Balaban J connectivity index is 2.10. The fourth-order valence-corrected chi connectivity index (χ4v) is 2.97. The Morgan fingerprint density at radius 1 is 1.22 bits per heavy atom. The summed E-state index contributed by atoms with van der Waals surface area (Å²) in [7, 11) is 0. The summed E-state index contributed by atoms with van der Waals surface area (Å²) in [6.07, 6.45) is -2.66. The van der Waals surface area contributed by atoms with Gasteiger partial charge in [-0.3, -0.25) is 4.79 Å². The number of anilines is 1. The van der Waals surface area contributed by atoms with E-state index >= 15 is 0 Å². The van der Waals surface area contributed by atoms with E-state index in [1.165, 1.54) is 29.2 Å². The van der Waals surface area contributed by atoms with Crippen molar-refractivity contribution in [1.29, 1.82) is 0 Å². The van der Waals surface area contributed by atoms with Gasteiger partial charge in [0, 0.05) is 13.1 Å². The highest BCUT2D eigenvalue weighted by atomic mass is 19.4. The summed E-state index contributed by atoms with van der Waals surface area (Å²) in [5.41, 5.74) is -3.24. The Labute approximate surface area is 151 Å². The van der Waals surface area contributed by atoms with Gasteiger partial charge in [0.1, 0.15) is 11.4 Å². The molecule has 2 N–H and O–H groups in total. The Bertz CT molecular complexity index is 905. The van der Waals surface area contributed by atoms with Crippen molar-refractivity contribution in [3.8, 4) is 11.6 Å². The maximum Gasteiger partial charge on any atom is 0.423 e. The van der Waals surface area contributed by atoms with Crippen molar-refractivity contribution >= 4 is 11.7 Å². The van der Waals surface area contributed by atoms with Crippen molar-refractivity contribution in [2.45, 2.75) is 25.4 Å². The van der Waals surface area contributed by atoms with E-state index in [1.54, 1.807) is 0 Å². The molecule has 0 atom stereocenters. The average molecular weight is 383 g/mol. The molecule has 1 aliphatic heterocycles. The van der Waals surface area contributed by atoms with Gasteiger partial charge < -0.3 is 14.7 Å². The summed E-state index contributed by atoms with van der Waals surface area (Å²) in [6.45, 7) is 0.666. The minimum absolute atomic E-state index is 0.000771.